The van der Waals surface area contributed by atoms with Crippen LogP contribution in [0.15, 0.2) is 89.5 Å². The summed E-state index contributed by atoms with van der Waals surface area (Å²) in [6.07, 6.45) is 1.93. The van der Waals surface area contributed by atoms with Gasteiger partial charge >= 0.3 is 5.97 Å². The number of piperidine rings is 3. The van der Waals surface area contributed by atoms with Crippen molar-refractivity contribution in [3.63, 3.8) is 0 Å². The summed E-state index contributed by atoms with van der Waals surface area (Å²) in [5.74, 6) is 1.40. The summed E-state index contributed by atoms with van der Waals surface area (Å²) in [4.78, 5) is 18.4. The standard InChI is InChI=1S/C31H33N4O3.ClH/c1-22-10-8-9-15-26(22)32-29(24-11-4-2-5-12-24)31(36)37-27-20-35(18-16-23(27)17-19-35)21-28-33-30(38-34-28)25-13-6-3-7-14-25;/h2-15,23,27,29,32H,16-21H2,1H3;1H/q+1;/p-1/t23?,27-,29?,35?;/m0./s1. The van der Waals surface area contributed by atoms with E-state index in [2.05, 4.69) is 15.5 Å². The zero-order valence-corrected chi connectivity index (χ0v) is 22.8. The quantitative estimate of drug-likeness (QED) is 0.271. The lowest BCUT2D eigenvalue weighted by Gasteiger charge is -2.51. The third kappa shape index (κ3) is 5.84. The Morgan fingerprint density at radius 2 is 1.67 bits per heavy atom. The van der Waals surface area contributed by atoms with Gasteiger partial charge in [-0.1, -0.05) is 71.9 Å². The number of hydrogen-bond donors (Lipinski definition) is 1. The topological polar surface area (TPSA) is 77.2 Å². The molecule has 3 saturated heterocycles. The Labute approximate surface area is 235 Å². The number of hydrogen-bond acceptors (Lipinski definition) is 6. The first-order valence-electron chi connectivity index (χ1n) is 13.4. The number of rotatable bonds is 8. The second kappa shape index (κ2) is 11.6. The molecule has 0 amide bonds. The maximum Gasteiger partial charge on any atom is 0.333 e. The number of nitrogens with one attached hydrogen (secondary N) is 1. The summed E-state index contributed by atoms with van der Waals surface area (Å²) in [5.41, 5.74) is 3.83. The molecule has 39 heavy (non-hydrogen) atoms. The number of ether oxygens (including phenoxy) is 1. The number of halogens is 1. The molecule has 3 aliphatic rings. The van der Waals surface area contributed by atoms with E-state index < -0.39 is 6.04 Å². The van der Waals surface area contributed by atoms with Crippen molar-refractivity contribution in [1.82, 2.24) is 10.1 Å². The van der Waals surface area contributed by atoms with Crippen LogP contribution < -0.4 is 17.7 Å². The maximum absolute atomic E-state index is 13.7. The number of aromatic nitrogens is 2. The molecule has 3 fully saturated rings. The number of nitrogens with zero attached hydrogens (tertiary/aromatic N) is 3. The molecule has 7 rings (SSSR count). The molecule has 8 heteroatoms. The van der Waals surface area contributed by atoms with E-state index in [-0.39, 0.29) is 24.5 Å². The van der Waals surface area contributed by atoms with E-state index in [9.17, 15) is 4.79 Å². The fraction of sp³-hybridized carbons (Fsp3) is 0.323. The lowest BCUT2D eigenvalue weighted by atomic mass is 9.83. The van der Waals surface area contributed by atoms with Crippen LogP contribution in [0.1, 0.15) is 35.8 Å². The summed E-state index contributed by atoms with van der Waals surface area (Å²) >= 11 is 0. The normalized spacial score (nSPS) is 22.5. The minimum Gasteiger partial charge on any atom is -1.00 e. The zero-order valence-electron chi connectivity index (χ0n) is 22.0. The molecule has 3 aliphatic heterocycles. The largest absolute Gasteiger partial charge is 1.00 e. The van der Waals surface area contributed by atoms with Gasteiger partial charge in [-0.15, -0.1) is 0 Å². The van der Waals surface area contributed by atoms with Gasteiger partial charge in [0.2, 0.25) is 5.82 Å². The predicted octanol–water partition coefficient (Wildman–Crippen LogP) is 2.55. The second-order valence-corrected chi connectivity index (χ2v) is 10.6. The van der Waals surface area contributed by atoms with Crippen molar-refractivity contribution in [2.24, 2.45) is 5.92 Å². The molecule has 202 valence electrons. The highest BCUT2D eigenvalue weighted by molar-refractivity contribution is 5.81. The first-order valence-corrected chi connectivity index (χ1v) is 13.4. The van der Waals surface area contributed by atoms with Gasteiger partial charge in [0.15, 0.2) is 12.1 Å². The van der Waals surface area contributed by atoms with Crippen LogP contribution in [0.2, 0.25) is 0 Å². The molecule has 2 atom stereocenters. The Hall–Kier alpha value is -3.68. The highest BCUT2D eigenvalue weighted by Gasteiger charge is 2.48. The fourth-order valence-corrected chi connectivity index (χ4v) is 5.92. The Bertz CT molecular complexity index is 1390. The minimum absolute atomic E-state index is 0. The van der Waals surface area contributed by atoms with Gasteiger partial charge in [0.05, 0.1) is 13.1 Å². The first-order chi connectivity index (χ1) is 18.6. The average Bonchev–Trinajstić information content (AvgIpc) is 3.42. The van der Waals surface area contributed by atoms with E-state index in [1.165, 1.54) is 0 Å². The fourth-order valence-electron chi connectivity index (χ4n) is 5.92. The SMILES string of the molecule is Cc1ccccc1NC(C(=O)O[C@H]1C[N+]2(Cc3noc(-c4ccccc4)n3)CCC1CC2)c1ccccc1.[Cl-]. The van der Waals surface area contributed by atoms with Crippen LogP contribution in [0.4, 0.5) is 5.69 Å². The number of quaternary nitrogens is 1. The summed E-state index contributed by atoms with van der Waals surface area (Å²) < 4.78 is 12.7. The van der Waals surface area contributed by atoms with Crippen molar-refractivity contribution in [2.45, 2.75) is 38.5 Å². The second-order valence-electron chi connectivity index (χ2n) is 10.6. The van der Waals surface area contributed by atoms with Crippen LogP contribution in [0.25, 0.3) is 11.5 Å². The molecule has 1 aromatic heterocycles. The summed E-state index contributed by atoms with van der Waals surface area (Å²) in [6.45, 7) is 5.57. The third-order valence-corrected chi connectivity index (χ3v) is 8.09. The monoisotopic (exact) mass is 544 g/mol. The van der Waals surface area contributed by atoms with Gasteiger partial charge in [0.1, 0.15) is 13.1 Å². The number of carbonyl (C=O) groups excluding carboxylic acids is 1. The number of carbonyl (C=O) groups is 1. The van der Waals surface area contributed by atoms with Crippen LogP contribution in [-0.2, 0) is 16.1 Å². The highest BCUT2D eigenvalue weighted by Crippen LogP contribution is 2.38. The molecular formula is C31H33ClN4O3. The lowest BCUT2D eigenvalue weighted by molar-refractivity contribution is -0.958. The van der Waals surface area contributed by atoms with Crippen LogP contribution in [0, 0.1) is 12.8 Å². The van der Waals surface area contributed by atoms with Gasteiger partial charge in [-0.3, -0.25) is 0 Å². The zero-order chi connectivity index (χ0) is 26.0. The molecule has 0 saturated carbocycles. The number of benzene rings is 3. The van der Waals surface area contributed by atoms with Crippen molar-refractivity contribution in [3.05, 3.63) is 102 Å². The highest BCUT2D eigenvalue weighted by atomic mass is 35.5. The summed E-state index contributed by atoms with van der Waals surface area (Å²) in [5, 5.41) is 7.74. The Morgan fingerprint density at radius 1 is 1.00 bits per heavy atom. The van der Waals surface area contributed by atoms with Crippen molar-refractivity contribution in [1.29, 1.82) is 0 Å². The van der Waals surface area contributed by atoms with Crippen LogP contribution >= 0.6 is 0 Å². The number of fused-ring (bicyclic) bond motifs is 3. The van der Waals surface area contributed by atoms with Gasteiger partial charge in [-0.05, 0) is 36.2 Å². The average molecular weight is 545 g/mol. The van der Waals surface area contributed by atoms with E-state index >= 15 is 0 Å². The Balaban J connectivity index is 0.00000308. The lowest BCUT2D eigenvalue weighted by Crippen LogP contribution is -3.00. The first kappa shape index (κ1) is 26.9. The number of para-hydroxylation sites is 1. The van der Waals surface area contributed by atoms with E-state index in [1.807, 2.05) is 91.9 Å². The van der Waals surface area contributed by atoms with Crippen molar-refractivity contribution >= 4 is 11.7 Å². The van der Waals surface area contributed by atoms with Crippen LogP contribution in [0.5, 0.6) is 0 Å². The van der Waals surface area contributed by atoms with Gasteiger partial charge in [-0.2, -0.15) is 4.98 Å². The van der Waals surface area contributed by atoms with Gasteiger partial charge in [0, 0.05) is 30.0 Å². The molecule has 4 heterocycles. The number of aryl methyl sites for hydroxylation is 1. The van der Waals surface area contributed by atoms with E-state index in [4.69, 9.17) is 9.26 Å². The molecule has 1 unspecified atom stereocenters. The van der Waals surface area contributed by atoms with Gasteiger partial charge < -0.3 is 31.5 Å². The number of esters is 1. The van der Waals surface area contributed by atoms with Crippen LogP contribution in [-0.4, -0.2) is 46.3 Å². The maximum atomic E-state index is 13.7. The molecule has 7 nitrogen and oxygen atoms in total. The summed E-state index contributed by atoms with van der Waals surface area (Å²) in [7, 11) is 0. The smallest absolute Gasteiger partial charge is 0.333 e. The van der Waals surface area contributed by atoms with E-state index in [0.717, 1.165) is 59.3 Å². The molecule has 0 spiro atoms. The molecular weight excluding hydrogens is 512 g/mol. The Morgan fingerprint density at radius 3 is 2.38 bits per heavy atom. The molecule has 0 aliphatic carbocycles. The predicted molar refractivity (Wildman–Crippen MR) is 145 cm³/mol. The number of anilines is 1. The van der Waals surface area contributed by atoms with E-state index in [0.29, 0.717) is 24.2 Å². The Kier molecular flexibility index (Phi) is 8.00. The van der Waals surface area contributed by atoms with Gasteiger partial charge in [0.25, 0.3) is 5.89 Å². The minimum atomic E-state index is -0.577. The van der Waals surface area contributed by atoms with Crippen molar-refractivity contribution in [2.75, 3.05) is 25.0 Å². The van der Waals surface area contributed by atoms with E-state index in [1.54, 1.807) is 0 Å². The van der Waals surface area contributed by atoms with Crippen molar-refractivity contribution < 1.29 is 30.9 Å². The van der Waals surface area contributed by atoms with Crippen LogP contribution in [0.3, 0.4) is 0 Å². The van der Waals surface area contributed by atoms with Gasteiger partial charge in [-0.25, -0.2) is 4.79 Å². The molecule has 2 bridgehead atoms. The third-order valence-electron chi connectivity index (χ3n) is 8.09. The molecule has 3 aromatic carbocycles. The van der Waals surface area contributed by atoms with Crippen molar-refractivity contribution in [3.8, 4) is 11.5 Å². The summed E-state index contributed by atoms with van der Waals surface area (Å²) in [6, 6.07) is 27.1. The molecule has 1 N–H and O–H groups in total. The molecule has 0 radical (unpaired) electrons. The molecule has 4 aromatic rings.